The normalized spacial score (nSPS) is 28.1. The van der Waals surface area contributed by atoms with Crippen LogP contribution in [0.1, 0.15) is 37.4 Å². The maximum atomic E-state index is 12.5. The molecular weight excluding hydrogens is 382 g/mol. The Bertz CT molecular complexity index is 817. The van der Waals surface area contributed by atoms with E-state index in [1.807, 2.05) is 29.6 Å². The van der Waals surface area contributed by atoms with Crippen LogP contribution in [-0.4, -0.2) is 41.1 Å². The van der Waals surface area contributed by atoms with E-state index in [0.29, 0.717) is 5.13 Å². The number of hydrogen-bond acceptors (Lipinski definition) is 5. The number of nitrogens with zero attached hydrogens (tertiary/aromatic N) is 2. The lowest BCUT2D eigenvalue weighted by Crippen LogP contribution is -2.44. The third-order valence-electron chi connectivity index (χ3n) is 5.09. The van der Waals surface area contributed by atoms with Gasteiger partial charge in [-0.05, 0) is 37.8 Å². The maximum absolute atomic E-state index is 12.5. The van der Waals surface area contributed by atoms with Gasteiger partial charge in [0.15, 0.2) is 5.13 Å². The van der Waals surface area contributed by atoms with Crippen molar-refractivity contribution in [1.82, 2.24) is 9.88 Å². The van der Waals surface area contributed by atoms with Gasteiger partial charge in [-0.15, -0.1) is 11.3 Å². The SMILES string of the molecule is CC1CN(Cc2csc(NC(=O)C3CC3c3ccccc3Cl)n2)CC(C)O1. The Hall–Kier alpha value is -1.47. The molecule has 0 bridgehead atoms. The van der Waals surface area contributed by atoms with Crippen LogP contribution < -0.4 is 5.32 Å². The van der Waals surface area contributed by atoms with Gasteiger partial charge < -0.3 is 10.1 Å². The van der Waals surface area contributed by atoms with E-state index in [0.717, 1.165) is 42.3 Å². The van der Waals surface area contributed by atoms with Crippen LogP contribution in [0.15, 0.2) is 29.6 Å². The predicted octanol–water partition coefficient (Wildman–Crippen LogP) is 4.15. The van der Waals surface area contributed by atoms with Crippen molar-refractivity contribution in [1.29, 1.82) is 0 Å². The van der Waals surface area contributed by atoms with Crippen molar-refractivity contribution < 1.29 is 9.53 Å². The van der Waals surface area contributed by atoms with E-state index in [-0.39, 0.29) is 30.0 Å². The van der Waals surface area contributed by atoms with Gasteiger partial charge in [0.2, 0.25) is 5.91 Å². The zero-order valence-corrected chi connectivity index (χ0v) is 17.1. The average molecular weight is 406 g/mol. The molecule has 1 aromatic heterocycles. The Morgan fingerprint density at radius 1 is 1.33 bits per heavy atom. The molecule has 1 aliphatic heterocycles. The van der Waals surface area contributed by atoms with Crippen LogP contribution in [0.3, 0.4) is 0 Å². The number of nitrogens with one attached hydrogen (secondary N) is 1. The predicted molar refractivity (Wildman–Crippen MR) is 108 cm³/mol. The van der Waals surface area contributed by atoms with Crippen molar-refractivity contribution >= 4 is 34.0 Å². The van der Waals surface area contributed by atoms with E-state index >= 15 is 0 Å². The van der Waals surface area contributed by atoms with Gasteiger partial charge >= 0.3 is 0 Å². The summed E-state index contributed by atoms with van der Waals surface area (Å²) in [5.74, 6) is 0.238. The molecule has 1 aromatic carbocycles. The summed E-state index contributed by atoms with van der Waals surface area (Å²) >= 11 is 7.74. The van der Waals surface area contributed by atoms with Crippen molar-refractivity contribution in [3.05, 3.63) is 45.9 Å². The molecule has 0 radical (unpaired) electrons. The Kier molecular flexibility index (Phi) is 5.50. The summed E-state index contributed by atoms with van der Waals surface area (Å²) in [7, 11) is 0. The monoisotopic (exact) mass is 405 g/mol. The van der Waals surface area contributed by atoms with Crippen LogP contribution >= 0.6 is 22.9 Å². The molecule has 2 fully saturated rings. The highest BCUT2D eigenvalue weighted by Gasteiger charge is 2.45. The first-order valence-corrected chi connectivity index (χ1v) is 10.6. The van der Waals surface area contributed by atoms with Crippen LogP contribution in [0, 0.1) is 5.92 Å². The lowest BCUT2D eigenvalue weighted by atomic mass is 10.1. The van der Waals surface area contributed by atoms with E-state index in [1.165, 1.54) is 11.3 Å². The van der Waals surface area contributed by atoms with Gasteiger partial charge in [0.25, 0.3) is 0 Å². The molecule has 2 aromatic rings. The van der Waals surface area contributed by atoms with Gasteiger partial charge in [0.05, 0.1) is 17.9 Å². The van der Waals surface area contributed by atoms with Crippen LogP contribution in [-0.2, 0) is 16.1 Å². The smallest absolute Gasteiger partial charge is 0.229 e. The number of morpholine rings is 1. The highest BCUT2D eigenvalue weighted by atomic mass is 35.5. The quantitative estimate of drug-likeness (QED) is 0.811. The fourth-order valence-electron chi connectivity index (χ4n) is 3.88. The highest BCUT2D eigenvalue weighted by Crippen LogP contribution is 2.50. The molecule has 4 atom stereocenters. The van der Waals surface area contributed by atoms with E-state index < -0.39 is 0 Å². The van der Waals surface area contributed by atoms with Crippen LogP contribution in [0.5, 0.6) is 0 Å². The Morgan fingerprint density at radius 2 is 2.07 bits per heavy atom. The largest absolute Gasteiger partial charge is 0.373 e. The molecule has 1 saturated heterocycles. The van der Waals surface area contributed by atoms with Crippen molar-refractivity contribution in [2.24, 2.45) is 5.92 Å². The average Bonchev–Trinajstić information content (AvgIpc) is 3.29. The number of thiazole rings is 1. The summed E-state index contributed by atoms with van der Waals surface area (Å²) in [5, 5.41) is 6.42. The summed E-state index contributed by atoms with van der Waals surface area (Å²) in [6.07, 6.45) is 1.32. The summed E-state index contributed by atoms with van der Waals surface area (Å²) in [4.78, 5) is 19.5. The second kappa shape index (κ2) is 7.87. The van der Waals surface area contributed by atoms with Crippen molar-refractivity contribution in [3.8, 4) is 0 Å². The molecule has 0 spiro atoms. The van der Waals surface area contributed by atoms with E-state index in [2.05, 4.69) is 29.0 Å². The number of aromatic nitrogens is 1. The molecular formula is C20H24ClN3O2S. The summed E-state index contributed by atoms with van der Waals surface area (Å²) in [5.41, 5.74) is 2.06. The van der Waals surface area contributed by atoms with Gasteiger partial charge in [0.1, 0.15) is 0 Å². The van der Waals surface area contributed by atoms with Gasteiger partial charge in [-0.3, -0.25) is 9.69 Å². The first-order chi connectivity index (χ1) is 13.0. The van der Waals surface area contributed by atoms with Gasteiger partial charge in [-0.25, -0.2) is 4.98 Å². The minimum atomic E-state index is -0.0156. The lowest BCUT2D eigenvalue weighted by molar-refractivity contribution is -0.117. The molecule has 1 aliphatic carbocycles. The van der Waals surface area contributed by atoms with Gasteiger partial charge in [-0.1, -0.05) is 29.8 Å². The molecule has 1 saturated carbocycles. The van der Waals surface area contributed by atoms with Crippen molar-refractivity contribution in [2.75, 3.05) is 18.4 Å². The minimum absolute atomic E-state index is 0.0156. The third kappa shape index (κ3) is 4.51. The second-order valence-electron chi connectivity index (χ2n) is 7.55. The summed E-state index contributed by atoms with van der Waals surface area (Å²) in [6.45, 7) is 6.80. The Labute approximate surface area is 168 Å². The molecule has 1 N–H and O–H groups in total. The van der Waals surface area contributed by atoms with E-state index in [9.17, 15) is 4.79 Å². The summed E-state index contributed by atoms with van der Waals surface area (Å²) in [6, 6.07) is 7.77. The highest BCUT2D eigenvalue weighted by molar-refractivity contribution is 7.13. The number of halogens is 1. The Morgan fingerprint density at radius 3 is 2.81 bits per heavy atom. The number of carbonyl (C=O) groups excluding carboxylic acids is 1. The maximum Gasteiger partial charge on any atom is 0.229 e. The molecule has 7 heteroatoms. The minimum Gasteiger partial charge on any atom is -0.373 e. The topological polar surface area (TPSA) is 54.5 Å². The number of anilines is 1. The molecule has 2 aliphatic rings. The first kappa shape index (κ1) is 18.9. The molecule has 2 heterocycles. The first-order valence-electron chi connectivity index (χ1n) is 9.37. The number of amides is 1. The van der Waals surface area contributed by atoms with E-state index in [4.69, 9.17) is 16.3 Å². The van der Waals surface area contributed by atoms with Crippen LogP contribution in [0.25, 0.3) is 0 Å². The lowest BCUT2D eigenvalue weighted by Gasteiger charge is -2.34. The zero-order chi connectivity index (χ0) is 19.0. The fraction of sp³-hybridized carbons (Fsp3) is 0.500. The zero-order valence-electron chi connectivity index (χ0n) is 15.5. The van der Waals surface area contributed by atoms with Crippen LogP contribution in [0.2, 0.25) is 5.02 Å². The number of ether oxygens (including phenoxy) is 1. The van der Waals surface area contributed by atoms with Crippen LogP contribution in [0.4, 0.5) is 5.13 Å². The van der Waals surface area contributed by atoms with Crippen molar-refractivity contribution in [3.63, 3.8) is 0 Å². The molecule has 4 unspecified atom stereocenters. The molecule has 4 rings (SSSR count). The molecule has 1 amide bonds. The number of rotatable bonds is 5. The number of hydrogen-bond donors (Lipinski definition) is 1. The number of benzene rings is 1. The molecule has 144 valence electrons. The Balaban J connectivity index is 1.32. The van der Waals surface area contributed by atoms with Gasteiger partial charge in [-0.2, -0.15) is 0 Å². The summed E-state index contributed by atoms with van der Waals surface area (Å²) < 4.78 is 5.77. The van der Waals surface area contributed by atoms with Crippen molar-refractivity contribution in [2.45, 2.75) is 44.9 Å². The molecule has 27 heavy (non-hydrogen) atoms. The van der Waals surface area contributed by atoms with E-state index in [1.54, 1.807) is 0 Å². The fourth-order valence-corrected chi connectivity index (χ4v) is 4.86. The second-order valence-corrected chi connectivity index (χ2v) is 8.82. The van der Waals surface area contributed by atoms with Gasteiger partial charge in [0, 0.05) is 36.0 Å². The number of carbonyl (C=O) groups is 1. The molecule has 5 nitrogen and oxygen atoms in total. The standard InChI is InChI=1S/C20H24ClN3O2S/c1-12-8-24(9-13(2)26-12)10-14-11-27-20(22-14)23-19(25)17-7-16(17)15-5-3-4-6-18(15)21/h3-6,11-13,16-17H,7-10H2,1-2H3,(H,22,23,25). The third-order valence-corrected chi connectivity index (χ3v) is 6.25.